The average Bonchev–Trinajstić information content (AvgIpc) is 3.11. The number of amides is 1. The van der Waals surface area contributed by atoms with E-state index in [4.69, 9.17) is 4.74 Å². The van der Waals surface area contributed by atoms with Crippen molar-refractivity contribution in [3.05, 3.63) is 29.3 Å². The Morgan fingerprint density at radius 2 is 1.92 bits per heavy atom. The van der Waals surface area contributed by atoms with E-state index in [0.717, 1.165) is 49.7 Å². The van der Waals surface area contributed by atoms with Gasteiger partial charge < -0.3 is 20.3 Å². The van der Waals surface area contributed by atoms with Crippen LogP contribution < -0.4 is 10.1 Å². The Morgan fingerprint density at radius 3 is 2.61 bits per heavy atom. The fourth-order valence-corrected chi connectivity index (χ4v) is 5.60. The Balaban J connectivity index is 1.56. The Kier molecular flexibility index (Phi) is 9.60. The summed E-state index contributed by atoms with van der Waals surface area (Å²) in [6.07, 6.45) is 0.782. The number of hydrogen-bond acceptors (Lipinski definition) is 4. The van der Waals surface area contributed by atoms with Crippen LogP contribution in [0.5, 0.6) is 5.75 Å². The largest absolute Gasteiger partial charge is 0.483 e. The number of halogens is 5. The third-order valence-corrected chi connectivity index (χ3v) is 7.60. The fraction of sp³-hybridized carbons (Fsp3) is 0.731. The summed E-state index contributed by atoms with van der Waals surface area (Å²) < 4.78 is 68.4. The number of ether oxygens (including phenoxy) is 1. The maximum atomic E-state index is 13.0. The molecule has 36 heavy (non-hydrogen) atoms. The summed E-state index contributed by atoms with van der Waals surface area (Å²) in [7, 11) is 0. The molecule has 3 rings (SSSR count). The van der Waals surface area contributed by atoms with E-state index < -0.39 is 37.3 Å². The van der Waals surface area contributed by atoms with E-state index in [-0.39, 0.29) is 23.9 Å². The van der Waals surface area contributed by atoms with E-state index in [9.17, 15) is 37.0 Å². The minimum Gasteiger partial charge on any atom is -0.483 e. The van der Waals surface area contributed by atoms with Gasteiger partial charge >= 0.3 is 12.1 Å². The number of unbranched alkanes of at least 4 members (excludes halogenated alkanes) is 2. The Morgan fingerprint density at radius 1 is 1.17 bits per heavy atom. The van der Waals surface area contributed by atoms with Gasteiger partial charge in [-0.25, -0.2) is 0 Å². The first-order valence-corrected chi connectivity index (χ1v) is 12.7. The molecule has 204 valence electrons. The molecule has 1 saturated carbocycles. The quantitative estimate of drug-likeness (QED) is 0.273. The monoisotopic (exact) mass is 521 g/mol. The highest BCUT2D eigenvalue weighted by molar-refractivity contribution is 5.77. The highest BCUT2D eigenvalue weighted by Gasteiger charge is 2.57. The molecule has 0 aliphatic heterocycles. The molecule has 1 fully saturated rings. The lowest BCUT2D eigenvalue weighted by Crippen LogP contribution is -2.47. The summed E-state index contributed by atoms with van der Waals surface area (Å²) in [4.78, 5) is 11.8. The average molecular weight is 522 g/mol. The van der Waals surface area contributed by atoms with Gasteiger partial charge in [-0.05, 0) is 73.5 Å². The van der Waals surface area contributed by atoms with E-state index in [2.05, 4.69) is 6.92 Å². The summed E-state index contributed by atoms with van der Waals surface area (Å²) >= 11 is 0. The minimum atomic E-state index is -5.74. The summed E-state index contributed by atoms with van der Waals surface area (Å²) in [6.45, 7) is -0.408. The van der Waals surface area contributed by atoms with Gasteiger partial charge in [-0.1, -0.05) is 38.3 Å². The minimum absolute atomic E-state index is 0.0922. The van der Waals surface area contributed by atoms with Gasteiger partial charge in [0.05, 0.1) is 18.8 Å². The van der Waals surface area contributed by atoms with Gasteiger partial charge in [0.2, 0.25) is 0 Å². The highest BCUT2D eigenvalue weighted by Crippen LogP contribution is 2.48. The summed E-state index contributed by atoms with van der Waals surface area (Å²) in [5.74, 6) is -5.13. The summed E-state index contributed by atoms with van der Waals surface area (Å²) in [5.41, 5.74) is 1.89. The number of aliphatic hydroxyl groups is 2. The Hall–Kier alpha value is -1.94. The molecular weight excluding hydrogens is 485 g/mol. The van der Waals surface area contributed by atoms with Gasteiger partial charge in [0.1, 0.15) is 5.75 Å². The molecule has 3 N–H and O–H groups in total. The maximum absolute atomic E-state index is 13.0. The van der Waals surface area contributed by atoms with Crippen LogP contribution in [0.4, 0.5) is 22.0 Å². The first-order valence-electron chi connectivity index (χ1n) is 12.7. The molecule has 10 heteroatoms. The number of aliphatic hydroxyl groups excluding tert-OH is 2. The maximum Gasteiger partial charge on any atom is 0.455 e. The van der Waals surface area contributed by atoms with Crippen LogP contribution in [0.25, 0.3) is 0 Å². The zero-order valence-corrected chi connectivity index (χ0v) is 20.5. The SMILES string of the molecule is CCCCC[C@H](O)CC[C@@H]1[C@H]2Cc3cccc(OCC(=O)NCC(F)(F)C(F)(F)F)c3C[C@H]2C[C@H]1O. The Labute approximate surface area is 208 Å². The van der Waals surface area contributed by atoms with Crippen LogP contribution in [0.1, 0.15) is 63.0 Å². The number of fused-ring (bicyclic) bond motifs is 2. The van der Waals surface area contributed by atoms with Crippen molar-refractivity contribution >= 4 is 5.91 Å². The van der Waals surface area contributed by atoms with Gasteiger partial charge in [0, 0.05) is 0 Å². The molecular formula is C26H36F5NO4. The molecule has 1 amide bonds. The molecule has 0 aromatic heterocycles. The lowest BCUT2D eigenvalue weighted by Gasteiger charge is -2.32. The number of alkyl halides is 5. The van der Waals surface area contributed by atoms with Gasteiger partial charge in [0.25, 0.3) is 5.91 Å². The highest BCUT2D eigenvalue weighted by atomic mass is 19.4. The molecule has 5 nitrogen and oxygen atoms in total. The summed E-state index contributed by atoms with van der Waals surface area (Å²) in [5, 5.41) is 22.6. The zero-order chi connectivity index (χ0) is 26.5. The van der Waals surface area contributed by atoms with Crippen molar-refractivity contribution in [1.82, 2.24) is 5.32 Å². The van der Waals surface area contributed by atoms with Crippen molar-refractivity contribution in [2.24, 2.45) is 17.8 Å². The lowest BCUT2D eigenvalue weighted by molar-refractivity contribution is -0.278. The van der Waals surface area contributed by atoms with Crippen molar-refractivity contribution < 1.29 is 41.7 Å². The van der Waals surface area contributed by atoms with Crippen molar-refractivity contribution in [1.29, 1.82) is 0 Å². The molecule has 1 aromatic rings. The molecule has 5 atom stereocenters. The van der Waals surface area contributed by atoms with Crippen LogP contribution in [0, 0.1) is 17.8 Å². The van der Waals surface area contributed by atoms with E-state index in [1.807, 2.05) is 6.07 Å². The number of nitrogens with one attached hydrogen (secondary N) is 1. The van der Waals surface area contributed by atoms with Crippen LogP contribution >= 0.6 is 0 Å². The second kappa shape index (κ2) is 12.1. The molecule has 2 aliphatic rings. The zero-order valence-electron chi connectivity index (χ0n) is 20.5. The summed E-state index contributed by atoms with van der Waals surface area (Å²) in [6, 6.07) is 5.35. The molecule has 1 aromatic carbocycles. The number of carbonyl (C=O) groups is 1. The van der Waals surface area contributed by atoms with Crippen molar-refractivity contribution in [3.8, 4) is 5.75 Å². The fourth-order valence-electron chi connectivity index (χ4n) is 5.60. The Bertz CT molecular complexity index is 878. The van der Waals surface area contributed by atoms with Crippen molar-refractivity contribution in [2.45, 2.75) is 89.0 Å². The molecule has 0 heterocycles. The molecule has 0 unspecified atom stereocenters. The van der Waals surface area contributed by atoms with Crippen LogP contribution in [-0.2, 0) is 17.6 Å². The van der Waals surface area contributed by atoms with Crippen molar-refractivity contribution in [2.75, 3.05) is 13.2 Å². The van der Waals surface area contributed by atoms with Gasteiger partial charge in [-0.2, -0.15) is 22.0 Å². The van der Waals surface area contributed by atoms with Gasteiger partial charge in [0.15, 0.2) is 6.61 Å². The van der Waals surface area contributed by atoms with Crippen LogP contribution in [0.3, 0.4) is 0 Å². The van der Waals surface area contributed by atoms with E-state index in [1.54, 1.807) is 17.4 Å². The molecule has 0 spiro atoms. The third kappa shape index (κ3) is 7.09. The smallest absolute Gasteiger partial charge is 0.455 e. The molecule has 0 saturated heterocycles. The van der Waals surface area contributed by atoms with Gasteiger partial charge in [-0.15, -0.1) is 0 Å². The molecule has 0 radical (unpaired) electrons. The topological polar surface area (TPSA) is 78.8 Å². The van der Waals surface area contributed by atoms with Crippen LogP contribution in [0.2, 0.25) is 0 Å². The molecule has 2 aliphatic carbocycles. The van der Waals surface area contributed by atoms with Crippen molar-refractivity contribution in [3.63, 3.8) is 0 Å². The standard InChI is InChI=1S/C26H36F5NO4/c1-2-3-4-7-18(33)9-10-19-20-11-16-6-5-8-23(21(16)12-17(20)13-22(19)34)36-14-24(35)32-15-25(27,28)26(29,30)31/h5-6,8,17-20,22,33-34H,2-4,7,9-15H2,1H3,(H,32,35)/t17-,18-,19+,20-,22+/m0/s1. The number of hydrogen-bond donors (Lipinski definition) is 3. The second-order valence-electron chi connectivity index (χ2n) is 10.2. The van der Waals surface area contributed by atoms with Crippen LogP contribution in [-0.4, -0.2) is 53.6 Å². The first-order chi connectivity index (χ1) is 16.9. The van der Waals surface area contributed by atoms with E-state index in [1.165, 1.54) is 0 Å². The predicted molar refractivity (Wildman–Crippen MR) is 124 cm³/mol. The molecule has 0 bridgehead atoms. The number of benzene rings is 1. The first kappa shape index (κ1) is 28.6. The van der Waals surface area contributed by atoms with Crippen LogP contribution in [0.15, 0.2) is 18.2 Å². The third-order valence-electron chi connectivity index (χ3n) is 7.60. The van der Waals surface area contributed by atoms with E-state index in [0.29, 0.717) is 25.0 Å². The van der Waals surface area contributed by atoms with Gasteiger partial charge in [-0.3, -0.25) is 4.79 Å². The number of carbonyl (C=O) groups excluding carboxylic acids is 1. The number of rotatable bonds is 12. The predicted octanol–water partition coefficient (Wildman–Crippen LogP) is 4.81. The lowest BCUT2D eigenvalue weighted by atomic mass is 9.73. The van der Waals surface area contributed by atoms with E-state index >= 15 is 0 Å². The second-order valence-corrected chi connectivity index (χ2v) is 10.2. The normalized spacial score (nSPS) is 24.7.